The minimum absolute atomic E-state index is 0.0565. The molecule has 0 unspecified atom stereocenters. The van der Waals surface area contributed by atoms with E-state index in [1.54, 1.807) is 13.0 Å². The molecular formula is C25H29F3N6O. The summed E-state index contributed by atoms with van der Waals surface area (Å²) in [5.41, 5.74) is 1.52. The normalized spacial score (nSPS) is 17.0. The average Bonchev–Trinajstić information content (AvgIpc) is 3.21. The Kier molecular flexibility index (Phi) is 6.57. The Morgan fingerprint density at radius 1 is 1.17 bits per heavy atom. The highest BCUT2D eigenvalue weighted by molar-refractivity contribution is 5.92. The Labute approximate surface area is 202 Å². The molecule has 35 heavy (non-hydrogen) atoms. The summed E-state index contributed by atoms with van der Waals surface area (Å²) < 4.78 is 40.3. The maximum atomic E-state index is 13.4. The van der Waals surface area contributed by atoms with E-state index >= 15 is 0 Å². The van der Waals surface area contributed by atoms with Gasteiger partial charge in [-0.15, -0.1) is 0 Å². The Balaban J connectivity index is 1.70. The van der Waals surface area contributed by atoms with Crippen LogP contribution in [-0.2, 0) is 11.0 Å². The number of pyridine rings is 1. The number of nitrogens with one attached hydrogen (secondary N) is 2. The number of rotatable bonds is 5. The maximum Gasteiger partial charge on any atom is 0.416 e. The molecule has 0 saturated carbocycles. The molecule has 186 valence electrons. The first-order valence-electron chi connectivity index (χ1n) is 11.6. The van der Waals surface area contributed by atoms with Crippen LogP contribution in [-0.4, -0.2) is 40.0 Å². The van der Waals surface area contributed by atoms with Gasteiger partial charge in [0, 0.05) is 31.4 Å². The van der Waals surface area contributed by atoms with Crippen LogP contribution < -0.4 is 15.5 Å². The number of anilines is 2. The van der Waals surface area contributed by atoms with Gasteiger partial charge in [0.2, 0.25) is 5.91 Å². The fourth-order valence-corrected chi connectivity index (χ4v) is 4.74. The molecule has 1 saturated heterocycles. The zero-order chi connectivity index (χ0) is 25.5. The number of hydrogen-bond acceptors (Lipinski definition) is 6. The zero-order valence-electron chi connectivity index (χ0n) is 20.4. The van der Waals surface area contributed by atoms with Crippen LogP contribution >= 0.6 is 0 Å². The minimum Gasteiger partial charge on any atom is -0.363 e. The average molecular weight is 487 g/mol. The van der Waals surface area contributed by atoms with Crippen molar-refractivity contribution in [3.63, 3.8) is 0 Å². The van der Waals surface area contributed by atoms with Crippen LogP contribution in [0.4, 0.5) is 24.8 Å². The molecule has 1 aliphatic heterocycles. The minimum atomic E-state index is -4.42. The molecule has 0 aliphatic carbocycles. The second-order valence-electron chi connectivity index (χ2n) is 9.10. The first-order chi connectivity index (χ1) is 16.4. The summed E-state index contributed by atoms with van der Waals surface area (Å²) in [7, 11) is 0. The third-order valence-electron chi connectivity index (χ3n) is 6.38. The number of benzene rings is 1. The molecular weight excluding hydrogens is 457 g/mol. The Morgan fingerprint density at radius 3 is 2.60 bits per heavy atom. The lowest BCUT2D eigenvalue weighted by Gasteiger charge is -2.22. The number of halogens is 3. The van der Waals surface area contributed by atoms with E-state index < -0.39 is 17.8 Å². The van der Waals surface area contributed by atoms with E-state index in [1.807, 2.05) is 19.9 Å². The van der Waals surface area contributed by atoms with E-state index in [0.29, 0.717) is 29.3 Å². The molecule has 1 amide bonds. The lowest BCUT2D eigenvalue weighted by atomic mass is 9.97. The van der Waals surface area contributed by atoms with Crippen molar-refractivity contribution in [3.05, 3.63) is 52.5 Å². The highest BCUT2D eigenvalue weighted by atomic mass is 19.4. The molecule has 2 N–H and O–H groups in total. The Morgan fingerprint density at radius 2 is 1.91 bits per heavy atom. The van der Waals surface area contributed by atoms with Crippen molar-refractivity contribution in [2.75, 3.05) is 23.3 Å². The van der Waals surface area contributed by atoms with E-state index in [2.05, 4.69) is 25.5 Å². The highest BCUT2D eigenvalue weighted by Gasteiger charge is 2.33. The lowest BCUT2D eigenvalue weighted by Crippen LogP contribution is -2.35. The maximum absolute atomic E-state index is 13.4. The van der Waals surface area contributed by atoms with Gasteiger partial charge < -0.3 is 15.5 Å². The molecule has 1 aliphatic rings. The first kappa shape index (κ1) is 24.7. The van der Waals surface area contributed by atoms with Gasteiger partial charge in [-0.2, -0.15) is 13.2 Å². The summed E-state index contributed by atoms with van der Waals surface area (Å²) in [6, 6.07) is 5.76. The topological polar surface area (TPSA) is 83.0 Å². The number of aryl methyl sites for hydroxylation is 2. The van der Waals surface area contributed by atoms with Gasteiger partial charge in [0.15, 0.2) is 0 Å². The van der Waals surface area contributed by atoms with E-state index in [1.165, 1.54) is 19.9 Å². The van der Waals surface area contributed by atoms with Gasteiger partial charge in [-0.05, 0) is 57.4 Å². The summed E-state index contributed by atoms with van der Waals surface area (Å²) in [5, 5.41) is 7.02. The molecule has 3 heterocycles. The summed E-state index contributed by atoms with van der Waals surface area (Å²) in [6.45, 7) is 9.86. The van der Waals surface area contributed by atoms with Crippen molar-refractivity contribution >= 4 is 28.4 Å². The first-order valence-corrected chi connectivity index (χ1v) is 11.6. The summed E-state index contributed by atoms with van der Waals surface area (Å²) in [6.07, 6.45) is -3.60. The van der Waals surface area contributed by atoms with Crippen molar-refractivity contribution < 1.29 is 18.0 Å². The van der Waals surface area contributed by atoms with E-state index in [0.717, 1.165) is 35.9 Å². The van der Waals surface area contributed by atoms with Crippen LogP contribution in [0.5, 0.6) is 0 Å². The molecule has 1 aromatic carbocycles. The van der Waals surface area contributed by atoms with Gasteiger partial charge in [-0.1, -0.05) is 12.1 Å². The fourth-order valence-electron chi connectivity index (χ4n) is 4.74. The van der Waals surface area contributed by atoms with Gasteiger partial charge in [0.05, 0.1) is 22.8 Å². The highest BCUT2D eigenvalue weighted by Crippen LogP contribution is 2.36. The molecule has 3 aromatic rings. The van der Waals surface area contributed by atoms with Gasteiger partial charge in [-0.25, -0.2) is 15.0 Å². The molecule has 10 heteroatoms. The van der Waals surface area contributed by atoms with Crippen molar-refractivity contribution in [2.45, 2.75) is 59.3 Å². The molecule has 2 aromatic heterocycles. The summed E-state index contributed by atoms with van der Waals surface area (Å²) in [5.74, 6) is 1.77. The van der Waals surface area contributed by atoms with Crippen LogP contribution in [0, 0.1) is 20.8 Å². The van der Waals surface area contributed by atoms with Crippen LogP contribution in [0.25, 0.3) is 10.9 Å². The second-order valence-corrected chi connectivity index (χ2v) is 9.10. The number of aromatic nitrogens is 3. The number of carbonyl (C=O) groups excluding carboxylic acids is 1. The second kappa shape index (κ2) is 9.31. The predicted molar refractivity (Wildman–Crippen MR) is 129 cm³/mol. The molecule has 0 spiro atoms. The third-order valence-corrected chi connectivity index (χ3v) is 6.38. The van der Waals surface area contributed by atoms with Crippen LogP contribution in [0.15, 0.2) is 24.3 Å². The zero-order valence-corrected chi connectivity index (χ0v) is 20.4. The predicted octanol–water partition coefficient (Wildman–Crippen LogP) is 4.86. The van der Waals surface area contributed by atoms with Gasteiger partial charge in [-0.3, -0.25) is 4.79 Å². The van der Waals surface area contributed by atoms with Crippen molar-refractivity contribution in [1.82, 2.24) is 20.3 Å². The van der Waals surface area contributed by atoms with Crippen molar-refractivity contribution in [2.24, 2.45) is 0 Å². The van der Waals surface area contributed by atoms with E-state index in [9.17, 15) is 18.0 Å². The number of carbonyl (C=O) groups is 1. The SMILES string of the molecule is CC(=O)N[C@@H]1CCN(c2cc3c(N[C@H](C)c4cccc(C(F)(F)F)c4C)nc(C)nc3c(C)n2)C1. The van der Waals surface area contributed by atoms with Crippen LogP contribution in [0.2, 0.25) is 0 Å². The van der Waals surface area contributed by atoms with Crippen LogP contribution in [0.1, 0.15) is 54.5 Å². The lowest BCUT2D eigenvalue weighted by molar-refractivity contribution is -0.138. The Hall–Kier alpha value is -3.43. The molecule has 0 bridgehead atoms. The number of alkyl halides is 3. The summed E-state index contributed by atoms with van der Waals surface area (Å²) in [4.78, 5) is 27.4. The molecule has 2 atom stereocenters. The standard InChI is InChI=1S/C25H29F3N6O/c1-13-19(7-6-8-21(13)25(26,27)28)14(2)30-24-20-11-22(29-15(3)23(20)31-16(4)32-24)34-10-9-18(12-34)33-17(5)35/h6-8,11,14,18H,9-10,12H2,1-5H3,(H,33,35)(H,30,31,32)/t14-,18-/m1/s1. The van der Waals surface area contributed by atoms with Crippen molar-refractivity contribution in [3.8, 4) is 0 Å². The molecule has 4 rings (SSSR count). The molecule has 7 nitrogen and oxygen atoms in total. The number of amides is 1. The molecule has 1 fully saturated rings. The third kappa shape index (κ3) is 5.16. The fraction of sp³-hybridized carbons (Fsp3) is 0.440. The van der Waals surface area contributed by atoms with Crippen LogP contribution in [0.3, 0.4) is 0 Å². The van der Waals surface area contributed by atoms with Crippen molar-refractivity contribution in [1.29, 1.82) is 0 Å². The molecule has 0 radical (unpaired) electrons. The monoisotopic (exact) mass is 486 g/mol. The quantitative estimate of drug-likeness (QED) is 0.536. The van der Waals surface area contributed by atoms with E-state index in [-0.39, 0.29) is 17.5 Å². The number of fused-ring (bicyclic) bond motifs is 1. The summed E-state index contributed by atoms with van der Waals surface area (Å²) >= 11 is 0. The van der Waals surface area contributed by atoms with E-state index in [4.69, 9.17) is 4.98 Å². The van der Waals surface area contributed by atoms with Gasteiger partial charge in [0.25, 0.3) is 0 Å². The smallest absolute Gasteiger partial charge is 0.363 e. The number of nitrogens with zero attached hydrogens (tertiary/aromatic N) is 4. The Bertz CT molecular complexity index is 1280. The number of hydrogen-bond donors (Lipinski definition) is 2. The van der Waals surface area contributed by atoms with Gasteiger partial charge in [0.1, 0.15) is 17.5 Å². The largest absolute Gasteiger partial charge is 0.416 e. The van der Waals surface area contributed by atoms with Gasteiger partial charge >= 0.3 is 6.18 Å².